The molecule has 5 N–H and O–H groups in total. The number of nitrogens with two attached hydrogens (primary N) is 1. The number of benzene rings is 3. The lowest BCUT2D eigenvalue weighted by atomic mass is 10.0. The van der Waals surface area contributed by atoms with Crippen molar-refractivity contribution >= 4 is 34.6 Å². The van der Waals surface area contributed by atoms with Crippen LogP contribution in [0.3, 0.4) is 0 Å². The third kappa shape index (κ3) is 3.81. The number of hydrogen-bond acceptors (Lipinski definition) is 4. The Balaban J connectivity index is 2.06. The molecule has 0 atom stereocenters. The van der Waals surface area contributed by atoms with Crippen LogP contribution in [0.25, 0.3) is 0 Å². The highest BCUT2D eigenvalue weighted by Gasteiger charge is 2.18. The molecule has 0 bridgehead atoms. The van der Waals surface area contributed by atoms with Gasteiger partial charge in [0, 0.05) is 11.4 Å². The highest BCUT2D eigenvalue weighted by atomic mass is 16.4. The molecular formula is C20H17N3O3. The molecule has 0 unspecified atom stereocenters. The Bertz CT molecular complexity index is 862. The molecule has 0 heterocycles. The van der Waals surface area contributed by atoms with Crippen molar-refractivity contribution in [1.29, 1.82) is 0 Å². The third-order valence-corrected chi connectivity index (χ3v) is 3.76. The first-order chi connectivity index (χ1) is 12.5. The fraction of sp³-hybridized carbons (Fsp3) is 0. The van der Waals surface area contributed by atoms with E-state index in [0.717, 1.165) is 5.69 Å². The number of rotatable bonds is 6. The minimum absolute atomic E-state index is 0.0253. The van der Waals surface area contributed by atoms with E-state index in [1.54, 1.807) is 24.3 Å². The molecule has 0 radical (unpaired) electrons. The summed E-state index contributed by atoms with van der Waals surface area (Å²) in [7, 11) is 0. The lowest BCUT2D eigenvalue weighted by Gasteiger charge is -2.16. The van der Waals surface area contributed by atoms with Gasteiger partial charge in [0.2, 0.25) is 0 Å². The quantitative estimate of drug-likeness (QED) is 0.540. The van der Waals surface area contributed by atoms with E-state index in [0.29, 0.717) is 11.4 Å². The third-order valence-electron chi connectivity index (χ3n) is 3.76. The molecule has 6 nitrogen and oxygen atoms in total. The van der Waals surface area contributed by atoms with Gasteiger partial charge in [0.15, 0.2) is 0 Å². The molecule has 130 valence electrons. The Kier molecular flexibility index (Phi) is 4.85. The van der Waals surface area contributed by atoms with E-state index < -0.39 is 11.9 Å². The predicted octanol–water partition coefficient (Wildman–Crippen LogP) is 3.97. The molecule has 0 aromatic heterocycles. The van der Waals surface area contributed by atoms with Crippen molar-refractivity contribution in [2.75, 3.05) is 10.6 Å². The molecule has 1 amide bonds. The number of carboxylic acids is 1. The summed E-state index contributed by atoms with van der Waals surface area (Å²) in [5, 5.41) is 15.7. The standard InChI is InChI=1S/C20H17N3O3/c21-19(24)15-11-18(23-14-9-5-2-6-10-14)16(20(25)26)12-17(15)22-13-7-3-1-4-8-13/h1-12,22-23H,(H2,21,24)(H,25,26). The molecule has 0 spiro atoms. The number of aromatic carboxylic acids is 1. The minimum Gasteiger partial charge on any atom is -0.478 e. The number of amides is 1. The summed E-state index contributed by atoms with van der Waals surface area (Å²) >= 11 is 0. The molecule has 0 aliphatic rings. The van der Waals surface area contributed by atoms with Crippen molar-refractivity contribution in [2.45, 2.75) is 0 Å². The maximum Gasteiger partial charge on any atom is 0.337 e. The number of hydrogen-bond donors (Lipinski definition) is 4. The van der Waals surface area contributed by atoms with Crippen molar-refractivity contribution in [3.8, 4) is 0 Å². The fourth-order valence-corrected chi connectivity index (χ4v) is 2.54. The number of anilines is 4. The topological polar surface area (TPSA) is 104 Å². The zero-order valence-electron chi connectivity index (χ0n) is 13.8. The molecule has 0 saturated heterocycles. The Morgan fingerprint density at radius 3 is 1.58 bits per heavy atom. The summed E-state index contributed by atoms with van der Waals surface area (Å²) in [6, 6.07) is 21.1. The van der Waals surface area contributed by atoms with Crippen LogP contribution in [0.5, 0.6) is 0 Å². The molecule has 0 saturated carbocycles. The summed E-state index contributed by atoms with van der Waals surface area (Å²) < 4.78 is 0. The van der Waals surface area contributed by atoms with Crippen molar-refractivity contribution in [1.82, 2.24) is 0 Å². The smallest absolute Gasteiger partial charge is 0.337 e. The number of primary amides is 1. The summed E-state index contributed by atoms with van der Waals surface area (Å²) in [5.74, 6) is -1.77. The van der Waals surface area contributed by atoms with Crippen molar-refractivity contribution in [3.63, 3.8) is 0 Å². The number of carbonyl (C=O) groups is 2. The Labute approximate surface area is 150 Å². The van der Waals surface area contributed by atoms with Gasteiger partial charge in [-0.25, -0.2) is 4.79 Å². The van der Waals surface area contributed by atoms with Gasteiger partial charge in [0.25, 0.3) is 5.91 Å². The van der Waals surface area contributed by atoms with Crippen molar-refractivity contribution < 1.29 is 14.7 Å². The second kappa shape index (κ2) is 7.40. The molecule has 3 aromatic carbocycles. The highest BCUT2D eigenvalue weighted by Crippen LogP contribution is 2.30. The molecule has 3 rings (SSSR count). The van der Waals surface area contributed by atoms with E-state index in [1.165, 1.54) is 12.1 Å². The Morgan fingerprint density at radius 2 is 1.15 bits per heavy atom. The molecule has 6 heteroatoms. The SMILES string of the molecule is NC(=O)c1cc(Nc2ccccc2)c(C(=O)O)cc1Nc1ccccc1. The van der Waals surface area contributed by atoms with Crippen LogP contribution in [0, 0.1) is 0 Å². The van der Waals surface area contributed by atoms with E-state index in [9.17, 15) is 14.7 Å². The zero-order valence-corrected chi connectivity index (χ0v) is 13.8. The van der Waals surface area contributed by atoms with E-state index in [2.05, 4.69) is 10.6 Å². The first-order valence-electron chi connectivity index (χ1n) is 7.90. The van der Waals surface area contributed by atoms with Crippen molar-refractivity contribution in [2.24, 2.45) is 5.73 Å². The average molecular weight is 347 g/mol. The molecule has 3 aromatic rings. The van der Waals surface area contributed by atoms with Crippen LogP contribution in [0.15, 0.2) is 72.8 Å². The first-order valence-corrected chi connectivity index (χ1v) is 7.90. The second-order valence-corrected chi connectivity index (χ2v) is 5.59. The molecule has 26 heavy (non-hydrogen) atoms. The molecule has 0 aliphatic heterocycles. The number of nitrogens with one attached hydrogen (secondary N) is 2. The number of para-hydroxylation sites is 2. The monoisotopic (exact) mass is 347 g/mol. The van der Waals surface area contributed by atoms with Gasteiger partial charge in [-0.05, 0) is 36.4 Å². The maximum atomic E-state index is 11.9. The summed E-state index contributed by atoms with van der Waals surface area (Å²) in [6.45, 7) is 0. The van der Waals surface area contributed by atoms with Crippen LogP contribution in [-0.4, -0.2) is 17.0 Å². The van der Waals surface area contributed by atoms with Gasteiger partial charge in [-0.1, -0.05) is 36.4 Å². The number of carboxylic acid groups (broad SMARTS) is 1. The summed E-state index contributed by atoms with van der Waals surface area (Å²) in [4.78, 5) is 23.6. The van der Waals surface area contributed by atoms with Crippen LogP contribution in [0.1, 0.15) is 20.7 Å². The zero-order chi connectivity index (χ0) is 18.5. The van der Waals surface area contributed by atoms with Crippen LogP contribution >= 0.6 is 0 Å². The van der Waals surface area contributed by atoms with Gasteiger partial charge in [-0.2, -0.15) is 0 Å². The Morgan fingerprint density at radius 1 is 0.731 bits per heavy atom. The average Bonchev–Trinajstić information content (AvgIpc) is 2.64. The lowest BCUT2D eigenvalue weighted by Crippen LogP contribution is -2.15. The molecular weight excluding hydrogens is 330 g/mol. The van der Waals surface area contributed by atoms with Gasteiger partial charge in [-0.15, -0.1) is 0 Å². The van der Waals surface area contributed by atoms with Crippen LogP contribution < -0.4 is 16.4 Å². The number of carbonyl (C=O) groups excluding carboxylic acids is 1. The van der Waals surface area contributed by atoms with Crippen molar-refractivity contribution in [3.05, 3.63) is 83.9 Å². The largest absolute Gasteiger partial charge is 0.478 e. The fourth-order valence-electron chi connectivity index (χ4n) is 2.54. The van der Waals surface area contributed by atoms with Gasteiger partial charge in [0.05, 0.1) is 22.5 Å². The van der Waals surface area contributed by atoms with E-state index >= 15 is 0 Å². The second-order valence-electron chi connectivity index (χ2n) is 5.59. The normalized spacial score (nSPS) is 10.2. The Hall–Kier alpha value is -3.80. The van der Waals surface area contributed by atoms with Gasteiger partial charge < -0.3 is 21.5 Å². The van der Waals surface area contributed by atoms with Gasteiger partial charge >= 0.3 is 5.97 Å². The first kappa shape index (κ1) is 17.0. The van der Waals surface area contributed by atoms with E-state index in [1.807, 2.05) is 36.4 Å². The predicted molar refractivity (Wildman–Crippen MR) is 101 cm³/mol. The van der Waals surface area contributed by atoms with Gasteiger partial charge in [0.1, 0.15) is 0 Å². The molecule has 0 fully saturated rings. The van der Waals surface area contributed by atoms with Crippen LogP contribution in [0.4, 0.5) is 22.7 Å². The van der Waals surface area contributed by atoms with Crippen LogP contribution in [0.2, 0.25) is 0 Å². The summed E-state index contributed by atoms with van der Waals surface area (Å²) in [6.07, 6.45) is 0. The van der Waals surface area contributed by atoms with E-state index in [4.69, 9.17) is 5.73 Å². The van der Waals surface area contributed by atoms with E-state index in [-0.39, 0.29) is 16.8 Å². The summed E-state index contributed by atoms with van der Waals surface area (Å²) in [5.41, 5.74) is 7.76. The molecule has 0 aliphatic carbocycles. The minimum atomic E-state index is -1.12. The lowest BCUT2D eigenvalue weighted by molar-refractivity contribution is 0.0697. The van der Waals surface area contributed by atoms with Gasteiger partial charge in [-0.3, -0.25) is 4.79 Å². The maximum absolute atomic E-state index is 11.9. The highest BCUT2D eigenvalue weighted by molar-refractivity contribution is 6.05. The van der Waals surface area contributed by atoms with Crippen LogP contribution in [-0.2, 0) is 0 Å².